The minimum Gasteiger partial charge on any atom is -0.494 e. The average Bonchev–Trinajstić information content (AvgIpc) is 3.05. The molecule has 1 fully saturated rings. The largest absolute Gasteiger partial charge is 0.494 e. The van der Waals surface area contributed by atoms with Crippen LogP contribution in [0.1, 0.15) is 18.5 Å². The van der Waals surface area contributed by atoms with Gasteiger partial charge < -0.3 is 23.7 Å². The summed E-state index contributed by atoms with van der Waals surface area (Å²) in [5, 5.41) is 9.32. The van der Waals surface area contributed by atoms with Crippen molar-refractivity contribution in [3.8, 4) is 17.6 Å². The molecule has 132 valence electrons. The molecule has 0 N–H and O–H groups in total. The van der Waals surface area contributed by atoms with Crippen LogP contribution in [0, 0.1) is 11.3 Å². The van der Waals surface area contributed by atoms with Crippen molar-refractivity contribution in [3.63, 3.8) is 0 Å². The lowest BCUT2D eigenvalue weighted by Crippen LogP contribution is -2.44. The molecular weight excluding hydrogens is 320 g/mol. The van der Waals surface area contributed by atoms with E-state index >= 15 is 0 Å². The van der Waals surface area contributed by atoms with Crippen molar-refractivity contribution >= 4 is 5.88 Å². The molecule has 0 atom stereocenters. The Kier molecular flexibility index (Phi) is 5.41. The number of hydrogen-bond donors (Lipinski definition) is 0. The van der Waals surface area contributed by atoms with Crippen LogP contribution in [0.3, 0.4) is 0 Å². The monoisotopic (exact) mass is 342 g/mol. The molecule has 2 heterocycles. The molecule has 0 radical (unpaired) electrons. The topological polar surface area (TPSA) is 74.8 Å². The molecule has 0 spiro atoms. The highest BCUT2D eigenvalue weighted by molar-refractivity contribution is 5.48. The Bertz CT molecular complexity index is 728. The summed E-state index contributed by atoms with van der Waals surface area (Å²) in [6, 6.07) is 9.48. The number of aromatic nitrogens is 1. The summed E-state index contributed by atoms with van der Waals surface area (Å²) in [4.78, 5) is 8.56. The summed E-state index contributed by atoms with van der Waals surface area (Å²) in [5.41, 5.74) is 0.315. The Labute approximate surface area is 147 Å². The number of ether oxygens (including phenoxy) is 2. The second-order valence-electron chi connectivity index (χ2n) is 5.86. The predicted molar refractivity (Wildman–Crippen MR) is 92.9 cm³/mol. The standard InChI is InChI=1S/C18H22N4O3/c1-3-23-14-4-6-15(7-5-14)24-13-17-20-16(12-19)18(25-17)22-10-8-21(2)9-11-22/h4-7H,3,8-11,13H2,1-2H3. The number of benzene rings is 1. The Morgan fingerprint density at radius 3 is 2.36 bits per heavy atom. The maximum Gasteiger partial charge on any atom is 0.236 e. The van der Waals surface area contributed by atoms with Gasteiger partial charge in [-0.1, -0.05) is 0 Å². The average molecular weight is 342 g/mol. The number of rotatable bonds is 6. The number of nitrogens with zero attached hydrogens (tertiary/aromatic N) is 4. The zero-order valence-corrected chi connectivity index (χ0v) is 14.6. The Hall–Kier alpha value is -2.72. The fourth-order valence-corrected chi connectivity index (χ4v) is 2.66. The van der Waals surface area contributed by atoms with Crippen molar-refractivity contribution in [2.45, 2.75) is 13.5 Å². The molecule has 7 heteroatoms. The van der Waals surface area contributed by atoms with Crippen LogP contribution in [0.4, 0.5) is 5.88 Å². The zero-order valence-electron chi connectivity index (χ0n) is 14.6. The molecule has 1 aliphatic rings. The van der Waals surface area contributed by atoms with Crippen LogP contribution in [0.5, 0.6) is 11.5 Å². The second-order valence-corrected chi connectivity index (χ2v) is 5.86. The first-order valence-corrected chi connectivity index (χ1v) is 8.38. The molecule has 0 amide bonds. The third kappa shape index (κ3) is 4.22. The minimum absolute atomic E-state index is 0.177. The molecule has 3 rings (SSSR count). The van der Waals surface area contributed by atoms with Gasteiger partial charge in [0.15, 0.2) is 6.61 Å². The van der Waals surface area contributed by atoms with Crippen molar-refractivity contribution in [1.29, 1.82) is 5.26 Å². The molecule has 0 saturated carbocycles. The molecule has 25 heavy (non-hydrogen) atoms. The molecule has 0 bridgehead atoms. The maximum atomic E-state index is 9.32. The lowest BCUT2D eigenvalue weighted by molar-refractivity contribution is 0.259. The normalized spacial score (nSPS) is 15.0. The molecule has 0 aliphatic carbocycles. The van der Waals surface area contributed by atoms with Gasteiger partial charge in [0, 0.05) is 26.2 Å². The van der Waals surface area contributed by atoms with Gasteiger partial charge in [0.2, 0.25) is 17.5 Å². The molecule has 2 aromatic rings. The lowest BCUT2D eigenvalue weighted by atomic mass is 10.3. The van der Waals surface area contributed by atoms with Gasteiger partial charge in [0.1, 0.15) is 17.6 Å². The third-order valence-electron chi connectivity index (χ3n) is 4.05. The molecule has 1 saturated heterocycles. The van der Waals surface area contributed by atoms with Crippen molar-refractivity contribution in [2.24, 2.45) is 0 Å². The Morgan fingerprint density at radius 2 is 1.76 bits per heavy atom. The fraction of sp³-hybridized carbons (Fsp3) is 0.444. The zero-order chi connectivity index (χ0) is 17.6. The first kappa shape index (κ1) is 17.1. The maximum absolute atomic E-state index is 9.32. The number of hydrogen-bond acceptors (Lipinski definition) is 7. The van der Waals surface area contributed by atoms with Crippen molar-refractivity contribution in [3.05, 3.63) is 35.9 Å². The summed E-state index contributed by atoms with van der Waals surface area (Å²) in [6.45, 7) is 6.25. The van der Waals surface area contributed by atoms with E-state index in [0.29, 0.717) is 29.8 Å². The van der Waals surface area contributed by atoms with Gasteiger partial charge in [0.25, 0.3) is 0 Å². The lowest BCUT2D eigenvalue weighted by Gasteiger charge is -2.31. The van der Waals surface area contributed by atoms with Gasteiger partial charge in [-0.25, -0.2) is 0 Å². The summed E-state index contributed by atoms with van der Waals surface area (Å²) in [5.74, 6) is 2.44. The number of anilines is 1. The summed E-state index contributed by atoms with van der Waals surface area (Å²) < 4.78 is 16.9. The van der Waals surface area contributed by atoms with Crippen LogP contribution >= 0.6 is 0 Å². The highest BCUT2D eigenvalue weighted by Crippen LogP contribution is 2.24. The van der Waals surface area contributed by atoms with E-state index in [0.717, 1.165) is 31.9 Å². The number of nitriles is 1. The number of likely N-dealkylation sites (N-methyl/N-ethyl adjacent to an activating group) is 1. The molecule has 1 aromatic heterocycles. The van der Waals surface area contributed by atoms with Crippen molar-refractivity contribution in [2.75, 3.05) is 44.7 Å². The van der Waals surface area contributed by atoms with Gasteiger partial charge in [0.05, 0.1) is 6.61 Å². The van der Waals surface area contributed by atoms with E-state index in [9.17, 15) is 5.26 Å². The van der Waals surface area contributed by atoms with Gasteiger partial charge in [-0.15, -0.1) is 0 Å². The molecule has 7 nitrogen and oxygen atoms in total. The predicted octanol–water partition coefficient (Wildman–Crippen LogP) is 2.28. The number of piperazine rings is 1. The first-order valence-electron chi connectivity index (χ1n) is 8.38. The SMILES string of the molecule is CCOc1ccc(OCc2nc(C#N)c(N3CCN(C)CC3)o2)cc1. The molecular formula is C18H22N4O3. The van der Waals surface area contributed by atoms with Crippen molar-refractivity contribution < 1.29 is 13.9 Å². The smallest absolute Gasteiger partial charge is 0.236 e. The quantitative estimate of drug-likeness (QED) is 0.797. The van der Waals surface area contributed by atoms with Crippen LogP contribution in [0.2, 0.25) is 0 Å². The summed E-state index contributed by atoms with van der Waals surface area (Å²) >= 11 is 0. The minimum atomic E-state index is 0.177. The van der Waals surface area contributed by atoms with Crippen LogP contribution < -0.4 is 14.4 Å². The van der Waals surface area contributed by atoms with Gasteiger partial charge >= 0.3 is 0 Å². The van der Waals surface area contributed by atoms with E-state index in [1.165, 1.54) is 0 Å². The molecule has 1 aliphatic heterocycles. The van der Waals surface area contributed by atoms with E-state index in [2.05, 4.69) is 27.9 Å². The van der Waals surface area contributed by atoms with E-state index in [4.69, 9.17) is 13.9 Å². The summed E-state index contributed by atoms with van der Waals surface area (Å²) in [7, 11) is 2.08. The van der Waals surface area contributed by atoms with Crippen LogP contribution in [0.25, 0.3) is 0 Å². The van der Waals surface area contributed by atoms with Crippen molar-refractivity contribution in [1.82, 2.24) is 9.88 Å². The van der Waals surface area contributed by atoms with Crippen LogP contribution in [0.15, 0.2) is 28.7 Å². The van der Waals surface area contributed by atoms with E-state index in [1.807, 2.05) is 31.2 Å². The van der Waals surface area contributed by atoms with Crippen LogP contribution in [-0.4, -0.2) is 49.7 Å². The van der Waals surface area contributed by atoms with Crippen LogP contribution in [-0.2, 0) is 6.61 Å². The second kappa shape index (κ2) is 7.90. The number of oxazole rings is 1. The fourth-order valence-electron chi connectivity index (χ4n) is 2.66. The van der Waals surface area contributed by atoms with Gasteiger partial charge in [-0.3, -0.25) is 0 Å². The van der Waals surface area contributed by atoms with E-state index in [1.54, 1.807) is 0 Å². The van der Waals surface area contributed by atoms with Gasteiger partial charge in [-0.05, 0) is 38.2 Å². The Morgan fingerprint density at radius 1 is 1.12 bits per heavy atom. The molecule has 1 aromatic carbocycles. The highest BCUT2D eigenvalue weighted by atomic mass is 16.5. The van der Waals surface area contributed by atoms with E-state index in [-0.39, 0.29) is 6.61 Å². The highest BCUT2D eigenvalue weighted by Gasteiger charge is 2.23. The van der Waals surface area contributed by atoms with Gasteiger partial charge in [-0.2, -0.15) is 10.2 Å². The molecule has 0 unspecified atom stereocenters. The first-order chi connectivity index (χ1) is 12.2. The van der Waals surface area contributed by atoms with E-state index < -0.39 is 0 Å². The Balaban J connectivity index is 1.64. The summed E-state index contributed by atoms with van der Waals surface area (Å²) in [6.07, 6.45) is 0. The third-order valence-corrected chi connectivity index (χ3v) is 4.05.